The molecule has 0 saturated heterocycles. The second-order valence-corrected chi connectivity index (χ2v) is 5.58. The van der Waals surface area contributed by atoms with Gasteiger partial charge in [-0.1, -0.05) is 12.2 Å². The van der Waals surface area contributed by atoms with Crippen molar-refractivity contribution in [2.45, 2.75) is 24.7 Å². The van der Waals surface area contributed by atoms with Crippen molar-refractivity contribution in [1.82, 2.24) is 10.6 Å². The van der Waals surface area contributed by atoms with Crippen molar-refractivity contribution in [3.8, 4) is 17.1 Å². The highest BCUT2D eigenvalue weighted by Crippen LogP contribution is 2.34. The van der Waals surface area contributed by atoms with Gasteiger partial charge in [0.2, 0.25) is 0 Å². The van der Waals surface area contributed by atoms with Crippen LogP contribution in [0.15, 0.2) is 46.0 Å². The number of hydrogen-bond donors (Lipinski definition) is 2. The quantitative estimate of drug-likeness (QED) is 0.152. The summed E-state index contributed by atoms with van der Waals surface area (Å²) < 4.78 is 15.6. The summed E-state index contributed by atoms with van der Waals surface area (Å²) >= 11 is 0.745. The molecule has 25 heavy (non-hydrogen) atoms. The van der Waals surface area contributed by atoms with Crippen LogP contribution in [0.5, 0.6) is 5.75 Å². The molecule has 0 amide bonds. The smallest absolute Gasteiger partial charge is 0.191 e. The lowest BCUT2D eigenvalue weighted by molar-refractivity contribution is -0.777. The van der Waals surface area contributed by atoms with E-state index in [0.29, 0.717) is 47.5 Å². The molecule has 1 aromatic carbocycles. The third kappa shape index (κ3) is 6.05. The fourth-order valence-electron chi connectivity index (χ4n) is 1.98. The zero-order valence-electron chi connectivity index (χ0n) is 13.5. The average Bonchev–Trinajstić information content (AvgIpc) is 3.04. The number of hydrazine groups is 1. The number of nitrogens with two attached hydrogens (primary N) is 1. The summed E-state index contributed by atoms with van der Waals surface area (Å²) in [5.74, 6) is 7.20. The molecule has 0 unspecified atom stereocenters. The Kier molecular flexibility index (Phi) is 7.73. The minimum atomic E-state index is 0.402. The minimum Gasteiger partial charge on any atom is -0.691 e. The number of allylic oxidation sites excluding steroid dienone is 1. The molecule has 1 heterocycles. The van der Waals surface area contributed by atoms with Gasteiger partial charge in [0.05, 0.1) is 29.7 Å². The lowest BCUT2D eigenvalue weighted by atomic mass is 10.2. The molecule has 0 saturated carbocycles. The predicted octanol–water partition coefficient (Wildman–Crippen LogP) is 1.95. The van der Waals surface area contributed by atoms with Crippen molar-refractivity contribution in [3.63, 3.8) is 0 Å². The summed E-state index contributed by atoms with van der Waals surface area (Å²) in [4.78, 5) is 9.44. The molecule has 0 aliphatic heterocycles. The molecule has 2 rings (SSSR count). The molecule has 10 heteroatoms. The SMILES string of the molecule is C=C(CCCOc1ccc(-c2cnc(C)o2)cc1SOO[O-])ONN. The molecule has 0 atom stereocenters. The van der Waals surface area contributed by atoms with Gasteiger partial charge in [-0.2, -0.15) is 4.33 Å². The Morgan fingerprint density at radius 2 is 2.32 bits per heavy atom. The van der Waals surface area contributed by atoms with E-state index in [9.17, 15) is 5.26 Å². The van der Waals surface area contributed by atoms with Crippen LogP contribution < -0.4 is 21.4 Å². The van der Waals surface area contributed by atoms with Gasteiger partial charge in [-0.05, 0) is 24.6 Å². The van der Waals surface area contributed by atoms with Gasteiger partial charge in [-0.25, -0.2) is 10.8 Å². The molecular formula is C15H18N3O6S-. The van der Waals surface area contributed by atoms with Crippen molar-refractivity contribution in [2.75, 3.05) is 6.61 Å². The first kappa shape index (κ1) is 19.2. The van der Waals surface area contributed by atoms with E-state index in [-0.39, 0.29) is 0 Å². The number of nitrogens with one attached hydrogen (secondary N) is 1. The van der Waals surface area contributed by atoms with Crippen molar-refractivity contribution in [2.24, 2.45) is 5.84 Å². The molecule has 0 aliphatic rings. The number of nitrogens with zero attached hydrogens (tertiary/aromatic N) is 1. The van der Waals surface area contributed by atoms with E-state index in [0.717, 1.165) is 17.6 Å². The molecule has 0 bridgehead atoms. The van der Waals surface area contributed by atoms with Gasteiger partial charge in [-0.15, -0.1) is 0 Å². The molecule has 1 aromatic heterocycles. The zero-order chi connectivity index (χ0) is 18.1. The highest BCUT2D eigenvalue weighted by molar-refractivity contribution is 7.94. The van der Waals surface area contributed by atoms with Crippen LogP contribution in [0.2, 0.25) is 0 Å². The van der Waals surface area contributed by atoms with Crippen LogP contribution in [-0.4, -0.2) is 11.6 Å². The largest absolute Gasteiger partial charge is 0.691 e. The van der Waals surface area contributed by atoms with E-state index < -0.39 is 0 Å². The number of hydrogen-bond acceptors (Lipinski definition) is 10. The molecule has 9 nitrogen and oxygen atoms in total. The molecule has 0 aliphatic carbocycles. The van der Waals surface area contributed by atoms with Crippen LogP contribution in [0.4, 0.5) is 0 Å². The first-order valence-electron chi connectivity index (χ1n) is 7.27. The average molecular weight is 368 g/mol. The Bertz CT molecular complexity index is 694. The van der Waals surface area contributed by atoms with E-state index in [1.54, 1.807) is 25.3 Å². The highest BCUT2D eigenvalue weighted by Gasteiger charge is 2.11. The van der Waals surface area contributed by atoms with E-state index in [2.05, 4.69) is 26.5 Å². The van der Waals surface area contributed by atoms with E-state index in [1.165, 1.54) is 0 Å². The highest BCUT2D eigenvalue weighted by atomic mass is 32.2. The number of aromatic nitrogens is 1. The Balaban J connectivity index is 2.02. The molecule has 2 aromatic rings. The topological polar surface area (TPSA) is 124 Å². The molecule has 0 spiro atoms. The fraction of sp³-hybridized carbons (Fsp3) is 0.267. The van der Waals surface area contributed by atoms with Gasteiger partial charge < -0.3 is 19.2 Å². The zero-order valence-corrected chi connectivity index (χ0v) is 14.3. The summed E-state index contributed by atoms with van der Waals surface area (Å²) in [5.41, 5.74) is 2.83. The van der Waals surface area contributed by atoms with Crippen LogP contribution in [-0.2, 0) is 14.2 Å². The Morgan fingerprint density at radius 1 is 1.48 bits per heavy atom. The summed E-state index contributed by atoms with van der Waals surface area (Å²) in [6.45, 7) is 5.84. The van der Waals surface area contributed by atoms with Crippen molar-refractivity contribution in [1.29, 1.82) is 0 Å². The molecular weight excluding hydrogens is 350 g/mol. The summed E-state index contributed by atoms with van der Waals surface area (Å²) in [5, 5.41) is 13.5. The number of benzene rings is 1. The summed E-state index contributed by atoms with van der Waals surface area (Å²) in [6.07, 6.45) is 2.84. The minimum absolute atomic E-state index is 0.402. The normalized spacial score (nSPS) is 10.7. The number of aryl methyl sites for hydroxylation is 1. The monoisotopic (exact) mass is 368 g/mol. The maximum atomic E-state index is 10.1. The number of rotatable bonds is 11. The van der Waals surface area contributed by atoms with Crippen LogP contribution in [0.1, 0.15) is 18.7 Å². The van der Waals surface area contributed by atoms with Gasteiger partial charge in [0.25, 0.3) is 0 Å². The van der Waals surface area contributed by atoms with E-state index in [1.807, 2.05) is 6.07 Å². The third-order valence-electron chi connectivity index (χ3n) is 3.06. The van der Waals surface area contributed by atoms with Crippen molar-refractivity contribution >= 4 is 12.0 Å². The number of ether oxygens (including phenoxy) is 1. The Morgan fingerprint density at radius 3 is 3.00 bits per heavy atom. The molecule has 0 radical (unpaired) electrons. The third-order valence-corrected chi connectivity index (χ3v) is 3.68. The lowest BCUT2D eigenvalue weighted by Crippen LogP contribution is -2.21. The van der Waals surface area contributed by atoms with E-state index >= 15 is 0 Å². The summed E-state index contributed by atoms with van der Waals surface area (Å²) in [6, 6.07) is 5.31. The van der Waals surface area contributed by atoms with Crippen LogP contribution in [0, 0.1) is 6.92 Å². The first-order valence-corrected chi connectivity index (χ1v) is 8.01. The van der Waals surface area contributed by atoms with Crippen molar-refractivity contribution in [3.05, 3.63) is 42.6 Å². The first-order chi connectivity index (χ1) is 12.1. The fourth-order valence-corrected chi connectivity index (χ4v) is 2.46. The maximum Gasteiger partial charge on any atom is 0.191 e. The Labute approximate surface area is 148 Å². The van der Waals surface area contributed by atoms with Crippen molar-refractivity contribution < 1.29 is 28.6 Å². The lowest BCUT2D eigenvalue weighted by Gasteiger charge is -2.12. The van der Waals surface area contributed by atoms with Crippen LogP contribution in [0.3, 0.4) is 0 Å². The summed E-state index contributed by atoms with van der Waals surface area (Å²) in [7, 11) is 0. The Hall–Kier alpha value is -2.08. The van der Waals surface area contributed by atoms with E-state index in [4.69, 9.17) is 19.8 Å². The molecule has 3 N–H and O–H groups in total. The molecule has 0 fully saturated rings. The van der Waals surface area contributed by atoms with Crippen LogP contribution >= 0.6 is 12.0 Å². The molecule has 136 valence electrons. The maximum absolute atomic E-state index is 10.1. The number of oxazole rings is 1. The standard InChI is InChI=1S/C15H19N3O6S/c1-10(22-18-16)4-3-7-20-13-6-5-12(8-15(13)25-24-23-19)14-9-17-11(2)21-14/h5-6,8-9,18-19H,1,3-4,7,16H2,2H3/p-1. The second kappa shape index (κ2) is 10.0. The van der Waals surface area contributed by atoms with Gasteiger partial charge in [0, 0.05) is 18.9 Å². The van der Waals surface area contributed by atoms with Gasteiger partial charge >= 0.3 is 0 Å². The van der Waals surface area contributed by atoms with Gasteiger partial charge in [0.1, 0.15) is 11.5 Å². The van der Waals surface area contributed by atoms with Gasteiger partial charge in [0.15, 0.2) is 11.7 Å². The predicted molar refractivity (Wildman–Crippen MR) is 87.0 cm³/mol. The van der Waals surface area contributed by atoms with Crippen LogP contribution in [0.25, 0.3) is 11.3 Å². The van der Waals surface area contributed by atoms with Gasteiger partial charge in [-0.3, -0.25) is 5.04 Å². The second-order valence-electron chi connectivity index (χ2n) is 4.84.